The minimum atomic E-state index is -0.897. The average Bonchev–Trinajstić information content (AvgIpc) is 2.67. The largest absolute Gasteiger partial charge is 0.336 e. The maximum absolute atomic E-state index is 12.8. The fourth-order valence-corrected chi connectivity index (χ4v) is 3.97. The molecule has 1 fully saturated rings. The molecule has 1 aliphatic rings. The van der Waals surface area contributed by atoms with E-state index in [1.807, 2.05) is 35.2 Å². The Hall–Kier alpha value is -1.98. The van der Waals surface area contributed by atoms with Crippen LogP contribution in [-0.2, 0) is 23.0 Å². The first-order valence-electron chi connectivity index (χ1n) is 9.06. The van der Waals surface area contributed by atoms with Crippen molar-refractivity contribution in [2.24, 2.45) is 0 Å². The van der Waals surface area contributed by atoms with Crippen LogP contribution in [-0.4, -0.2) is 58.9 Å². The molecule has 138 valence electrons. The summed E-state index contributed by atoms with van der Waals surface area (Å²) >= 11 is 0. The van der Waals surface area contributed by atoms with Crippen LogP contribution in [0.2, 0.25) is 0 Å². The van der Waals surface area contributed by atoms with Gasteiger partial charge in [-0.1, -0.05) is 42.5 Å². The second kappa shape index (κ2) is 9.10. The average molecular weight is 371 g/mol. The molecule has 0 spiro atoms. The first kappa shape index (κ1) is 18.8. The van der Waals surface area contributed by atoms with Crippen LogP contribution in [0.15, 0.2) is 54.6 Å². The van der Waals surface area contributed by atoms with Crippen molar-refractivity contribution in [2.45, 2.75) is 12.2 Å². The summed E-state index contributed by atoms with van der Waals surface area (Å²) in [5.41, 5.74) is 3.01. The molecule has 0 bridgehead atoms. The Kier molecular flexibility index (Phi) is 6.58. The molecule has 0 radical (unpaired) electrons. The van der Waals surface area contributed by atoms with Crippen molar-refractivity contribution in [3.8, 4) is 0 Å². The van der Waals surface area contributed by atoms with Gasteiger partial charge in [0.05, 0.1) is 0 Å². The van der Waals surface area contributed by atoms with Gasteiger partial charge in [0.25, 0.3) is 5.91 Å². The second-order valence-electron chi connectivity index (χ2n) is 6.79. The number of carbonyl (C=O) groups excluding carboxylic acids is 1. The summed E-state index contributed by atoms with van der Waals surface area (Å²) in [5.74, 6) is 0.574. The smallest absolute Gasteiger partial charge is 0.253 e. The predicted molar refractivity (Wildman–Crippen MR) is 107 cm³/mol. The van der Waals surface area contributed by atoms with Gasteiger partial charge in [0.2, 0.25) is 0 Å². The number of amides is 1. The summed E-state index contributed by atoms with van der Waals surface area (Å²) in [6.45, 7) is 4.38. The van der Waals surface area contributed by atoms with Crippen LogP contribution in [0.3, 0.4) is 0 Å². The quantitative estimate of drug-likeness (QED) is 0.785. The van der Waals surface area contributed by atoms with Crippen molar-refractivity contribution in [1.82, 2.24) is 9.80 Å². The van der Waals surface area contributed by atoms with Crippen LogP contribution in [0, 0.1) is 0 Å². The Bertz CT molecular complexity index is 756. The lowest BCUT2D eigenvalue weighted by Gasteiger charge is -2.34. The molecule has 0 aromatic heterocycles. The van der Waals surface area contributed by atoms with E-state index in [9.17, 15) is 9.00 Å². The molecular weight excluding hydrogens is 344 g/mol. The minimum Gasteiger partial charge on any atom is -0.336 e. The molecule has 2 aromatic rings. The zero-order valence-electron chi connectivity index (χ0n) is 15.3. The Labute approximate surface area is 158 Å². The van der Waals surface area contributed by atoms with E-state index in [1.54, 1.807) is 6.26 Å². The Morgan fingerprint density at radius 3 is 2.35 bits per heavy atom. The highest BCUT2D eigenvalue weighted by Crippen LogP contribution is 2.13. The summed E-state index contributed by atoms with van der Waals surface area (Å²) in [6, 6.07) is 18.1. The topological polar surface area (TPSA) is 40.6 Å². The van der Waals surface area contributed by atoms with E-state index in [-0.39, 0.29) is 5.91 Å². The van der Waals surface area contributed by atoms with Gasteiger partial charge in [0.1, 0.15) is 0 Å². The lowest BCUT2D eigenvalue weighted by atomic mass is 10.1. The van der Waals surface area contributed by atoms with E-state index in [0.29, 0.717) is 11.3 Å². The molecule has 1 saturated heterocycles. The summed E-state index contributed by atoms with van der Waals surface area (Å²) in [7, 11) is -0.897. The van der Waals surface area contributed by atoms with Crippen LogP contribution in [0.25, 0.3) is 0 Å². The highest BCUT2D eigenvalue weighted by atomic mass is 32.2. The number of benzene rings is 2. The molecule has 1 amide bonds. The first-order valence-corrected chi connectivity index (χ1v) is 10.8. The fraction of sp³-hybridized carbons (Fsp3) is 0.381. The molecule has 1 unspecified atom stereocenters. The van der Waals surface area contributed by atoms with E-state index in [2.05, 4.69) is 29.2 Å². The van der Waals surface area contributed by atoms with Gasteiger partial charge < -0.3 is 4.90 Å². The van der Waals surface area contributed by atoms with Crippen molar-refractivity contribution in [3.63, 3.8) is 0 Å². The molecule has 4 nitrogen and oxygen atoms in total. The van der Waals surface area contributed by atoms with Gasteiger partial charge >= 0.3 is 0 Å². The lowest BCUT2D eigenvalue weighted by Crippen LogP contribution is -2.49. The highest BCUT2D eigenvalue weighted by molar-refractivity contribution is 7.83. The number of hydrogen-bond acceptors (Lipinski definition) is 3. The molecule has 1 aliphatic heterocycles. The fourth-order valence-electron chi connectivity index (χ4n) is 3.32. The predicted octanol–water partition coefficient (Wildman–Crippen LogP) is 2.57. The molecule has 3 rings (SSSR count). The van der Waals surface area contributed by atoms with Crippen LogP contribution in [0.4, 0.5) is 0 Å². The highest BCUT2D eigenvalue weighted by Gasteiger charge is 2.22. The summed E-state index contributed by atoms with van der Waals surface area (Å²) < 4.78 is 11.4. The third kappa shape index (κ3) is 5.26. The number of nitrogens with zero attached hydrogens (tertiary/aromatic N) is 2. The van der Waals surface area contributed by atoms with Crippen LogP contribution < -0.4 is 0 Å². The number of rotatable bonds is 6. The first-order chi connectivity index (χ1) is 12.6. The van der Waals surface area contributed by atoms with Gasteiger partial charge in [-0.05, 0) is 29.7 Å². The molecular formula is C21H26N2O2S. The molecule has 2 aromatic carbocycles. The maximum atomic E-state index is 12.8. The van der Waals surface area contributed by atoms with Gasteiger partial charge in [0.15, 0.2) is 0 Å². The maximum Gasteiger partial charge on any atom is 0.253 e. The monoisotopic (exact) mass is 370 g/mol. The van der Waals surface area contributed by atoms with Crippen LogP contribution in [0.1, 0.15) is 21.5 Å². The van der Waals surface area contributed by atoms with E-state index in [1.165, 1.54) is 5.56 Å². The molecule has 0 N–H and O–H groups in total. The zero-order valence-corrected chi connectivity index (χ0v) is 16.1. The van der Waals surface area contributed by atoms with E-state index in [0.717, 1.165) is 44.7 Å². The summed E-state index contributed by atoms with van der Waals surface area (Å²) in [5, 5.41) is 0. The number of carbonyl (C=O) groups is 1. The molecule has 26 heavy (non-hydrogen) atoms. The zero-order chi connectivity index (χ0) is 18.4. The van der Waals surface area contributed by atoms with Crippen LogP contribution >= 0.6 is 0 Å². The number of piperazine rings is 1. The Morgan fingerprint density at radius 2 is 1.65 bits per heavy atom. The molecule has 5 heteroatoms. The van der Waals surface area contributed by atoms with E-state index in [4.69, 9.17) is 0 Å². The Balaban J connectivity index is 1.51. The third-order valence-electron chi connectivity index (χ3n) is 4.76. The summed E-state index contributed by atoms with van der Waals surface area (Å²) in [6.07, 6.45) is 2.73. The van der Waals surface area contributed by atoms with E-state index >= 15 is 0 Å². The van der Waals surface area contributed by atoms with Crippen molar-refractivity contribution < 1.29 is 9.00 Å². The van der Waals surface area contributed by atoms with Crippen molar-refractivity contribution in [1.29, 1.82) is 0 Å². The molecule has 1 atom stereocenters. The van der Waals surface area contributed by atoms with Crippen molar-refractivity contribution in [3.05, 3.63) is 71.3 Å². The van der Waals surface area contributed by atoms with Gasteiger partial charge in [-0.3, -0.25) is 13.9 Å². The molecule has 0 saturated carbocycles. The molecule has 1 heterocycles. The van der Waals surface area contributed by atoms with Gasteiger partial charge in [0, 0.05) is 61.1 Å². The SMILES string of the molecule is CS(=O)Cc1cccc(C(=O)N2CCN(CCc3ccccc3)CC2)c1. The minimum absolute atomic E-state index is 0.0800. The third-order valence-corrected chi connectivity index (χ3v) is 5.50. The van der Waals surface area contributed by atoms with Crippen molar-refractivity contribution in [2.75, 3.05) is 39.0 Å². The van der Waals surface area contributed by atoms with Gasteiger partial charge in [-0.2, -0.15) is 0 Å². The van der Waals surface area contributed by atoms with Gasteiger partial charge in [-0.15, -0.1) is 0 Å². The normalized spacial score (nSPS) is 16.4. The van der Waals surface area contributed by atoms with Gasteiger partial charge in [-0.25, -0.2) is 0 Å². The van der Waals surface area contributed by atoms with E-state index < -0.39 is 10.8 Å². The number of hydrogen-bond donors (Lipinski definition) is 0. The van der Waals surface area contributed by atoms with Crippen molar-refractivity contribution >= 4 is 16.7 Å². The second-order valence-corrected chi connectivity index (χ2v) is 8.22. The standard InChI is InChI=1S/C21H26N2O2S/c1-26(25)17-19-8-5-9-20(16-19)21(24)23-14-12-22(13-15-23)11-10-18-6-3-2-4-7-18/h2-9,16H,10-15,17H2,1H3. The lowest BCUT2D eigenvalue weighted by molar-refractivity contribution is 0.0638. The Morgan fingerprint density at radius 1 is 0.962 bits per heavy atom. The summed E-state index contributed by atoms with van der Waals surface area (Å²) in [4.78, 5) is 17.1. The van der Waals surface area contributed by atoms with Crippen LogP contribution in [0.5, 0.6) is 0 Å². The molecule has 0 aliphatic carbocycles.